The monoisotopic (exact) mass is 664 g/mol. The molecule has 3 unspecified atom stereocenters. The Hall–Kier alpha value is -3.83. The van der Waals surface area contributed by atoms with Gasteiger partial charge in [-0.2, -0.15) is 13.2 Å². The lowest BCUT2D eigenvalue weighted by Gasteiger charge is -2.38. The first-order chi connectivity index (χ1) is 21.2. The van der Waals surface area contributed by atoms with Gasteiger partial charge < -0.3 is 42.9 Å². The van der Waals surface area contributed by atoms with Gasteiger partial charge in [0.2, 0.25) is 17.7 Å². The van der Waals surface area contributed by atoms with Crippen molar-refractivity contribution in [1.29, 1.82) is 0 Å². The lowest BCUT2D eigenvalue weighted by molar-refractivity contribution is -0.192. The maximum atomic E-state index is 14.7. The van der Waals surface area contributed by atoms with Gasteiger partial charge in [-0.15, -0.1) is 0 Å². The van der Waals surface area contributed by atoms with E-state index in [9.17, 15) is 41.8 Å². The SMILES string of the molecule is CC(C)(F)CC(NC(=O)C(N)Cc1ccccc1)C(=O)NC(CCCCN)C(=O)N1CCC(N)(C(=O)O)CC1.O=C(O)C(F)(F)F. The summed E-state index contributed by atoms with van der Waals surface area (Å²) < 4.78 is 46.4. The quantitative estimate of drug-likeness (QED) is 0.109. The minimum absolute atomic E-state index is 0.0750. The number of carboxylic acid groups (broad SMARTS) is 2. The number of aliphatic carboxylic acids is 2. The van der Waals surface area contributed by atoms with Gasteiger partial charge in [-0.05, 0) is 64.5 Å². The topological polar surface area (TPSA) is 231 Å². The standard InChI is InChI=1S/C27H43FN6O5.C2HF3O2/c1-26(2,28)17-21(33-22(35)19(30)16-18-8-4-3-5-9-18)23(36)32-20(10-6-7-13-29)24(37)34-14-11-27(31,12-15-34)25(38)39;3-2(4,5)1(6)7/h3-5,8-9,19-21H,6-7,10-17,29-31H2,1-2H3,(H,32,36)(H,33,35)(H,38,39);(H,6,7). The molecule has 1 aromatic rings. The summed E-state index contributed by atoms with van der Waals surface area (Å²) in [6.07, 6.45) is -3.59. The summed E-state index contributed by atoms with van der Waals surface area (Å²) in [5, 5.41) is 21.8. The highest BCUT2D eigenvalue weighted by molar-refractivity contribution is 5.93. The van der Waals surface area contributed by atoms with Gasteiger partial charge in [-0.3, -0.25) is 19.2 Å². The second kappa shape index (κ2) is 17.8. The van der Waals surface area contributed by atoms with E-state index in [1.165, 1.54) is 18.7 Å². The number of carbonyl (C=O) groups is 5. The fourth-order valence-corrected chi connectivity index (χ4v) is 4.52. The molecule has 3 atom stereocenters. The molecule has 260 valence electrons. The van der Waals surface area contributed by atoms with Crippen LogP contribution in [0.2, 0.25) is 0 Å². The largest absolute Gasteiger partial charge is 0.490 e. The van der Waals surface area contributed by atoms with Crippen LogP contribution >= 0.6 is 0 Å². The normalized spacial score (nSPS) is 16.6. The highest BCUT2D eigenvalue weighted by Crippen LogP contribution is 2.22. The summed E-state index contributed by atoms with van der Waals surface area (Å²) in [5.41, 5.74) is 15.2. The molecule has 0 aliphatic carbocycles. The first kappa shape index (κ1) is 40.2. The number of rotatable bonds is 14. The molecule has 1 aromatic carbocycles. The Morgan fingerprint density at radius 2 is 1.46 bits per heavy atom. The average molecular weight is 665 g/mol. The van der Waals surface area contributed by atoms with Crippen molar-refractivity contribution < 1.29 is 51.7 Å². The summed E-state index contributed by atoms with van der Waals surface area (Å²) in [4.78, 5) is 61.4. The van der Waals surface area contributed by atoms with Crippen molar-refractivity contribution in [3.8, 4) is 0 Å². The molecular weight excluding hydrogens is 620 g/mol. The van der Waals surface area contributed by atoms with Crippen LogP contribution < -0.4 is 27.8 Å². The van der Waals surface area contributed by atoms with Gasteiger partial charge in [-0.25, -0.2) is 9.18 Å². The number of nitrogens with zero attached hydrogens (tertiary/aromatic N) is 1. The Labute approximate surface area is 264 Å². The van der Waals surface area contributed by atoms with Crippen molar-refractivity contribution in [2.45, 2.75) is 94.3 Å². The lowest BCUT2D eigenvalue weighted by Crippen LogP contribution is -2.60. The number of carbonyl (C=O) groups excluding carboxylic acids is 3. The third-order valence-corrected chi connectivity index (χ3v) is 7.15. The third-order valence-electron chi connectivity index (χ3n) is 7.15. The predicted molar refractivity (Wildman–Crippen MR) is 159 cm³/mol. The minimum Gasteiger partial charge on any atom is -0.480 e. The van der Waals surface area contributed by atoms with Crippen molar-refractivity contribution in [3.63, 3.8) is 0 Å². The fourth-order valence-electron chi connectivity index (χ4n) is 4.52. The third kappa shape index (κ3) is 14.1. The van der Waals surface area contributed by atoms with E-state index >= 15 is 0 Å². The number of benzene rings is 1. The van der Waals surface area contributed by atoms with E-state index in [0.29, 0.717) is 19.4 Å². The summed E-state index contributed by atoms with van der Waals surface area (Å²) in [6, 6.07) is 5.94. The molecule has 1 aliphatic rings. The molecule has 10 N–H and O–H groups in total. The number of alkyl halides is 4. The summed E-state index contributed by atoms with van der Waals surface area (Å²) in [6.45, 7) is 3.24. The number of hydrogen-bond acceptors (Lipinski definition) is 8. The molecule has 1 aliphatic heterocycles. The molecule has 0 radical (unpaired) electrons. The van der Waals surface area contributed by atoms with E-state index in [2.05, 4.69) is 10.6 Å². The lowest BCUT2D eigenvalue weighted by atomic mass is 9.88. The molecule has 0 aromatic heterocycles. The predicted octanol–water partition coefficient (Wildman–Crippen LogP) is 0.831. The molecule has 0 spiro atoms. The molecule has 0 bridgehead atoms. The van der Waals surface area contributed by atoms with Crippen LogP contribution in [0.1, 0.15) is 57.9 Å². The first-order valence-electron chi connectivity index (χ1n) is 14.6. The van der Waals surface area contributed by atoms with E-state index in [-0.39, 0.29) is 45.2 Å². The number of nitrogens with two attached hydrogens (primary N) is 3. The highest BCUT2D eigenvalue weighted by Gasteiger charge is 2.41. The zero-order chi connectivity index (χ0) is 35.3. The Kier molecular flexibility index (Phi) is 15.5. The van der Waals surface area contributed by atoms with Crippen molar-refractivity contribution in [3.05, 3.63) is 35.9 Å². The molecule has 2 rings (SSSR count). The molecule has 3 amide bonds. The number of amides is 3. The van der Waals surface area contributed by atoms with E-state index in [4.69, 9.17) is 27.1 Å². The maximum absolute atomic E-state index is 14.7. The van der Waals surface area contributed by atoms with Crippen LogP contribution in [0, 0.1) is 0 Å². The Bertz CT molecular complexity index is 1170. The molecular formula is C29H44F4N6O7. The van der Waals surface area contributed by atoms with Gasteiger partial charge in [-0.1, -0.05) is 30.3 Å². The van der Waals surface area contributed by atoms with Crippen LogP contribution in [0.25, 0.3) is 0 Å². The smallest absolute Gasteiger partial charge is 0.480 e. The number of unbranched alkanes of at least 4 members (excludes halogenated alkanes) is 1. The van der Waals surface area contributed by atoms with Crippen LogP contribution in [-0.4, -0.2) is 99.9 Å². The minimum atomic E-state index is -5.08. The number of likely N-dealkylation sites (tertiary alicyclic amines) is 1. The average Bonchev–Trinajstić information content (AvgIpc) is 2.96. The number of carboxylic acids is 2. The van der Waals surface area contributed by atoms with Crippen LogP contribution in [0.15, 0.2) is 30.3 Å². The van der Waals surface area contributed by atoms with Crippen LogP contribution in [0.5, 0.6) is 0 Å². The van der Waals surface area contributed by atoms with Crippen molar-refractivity contribution >= 4 is 29.7 Å². The number of halogens is 4. The molecule has 1 fully saturated rings. The molecule has 0 saturated carbocycles. The molecule has 1 saturated heterocycles. The van der Waals surface area contributed by atoms with Gasteiger partial charge >= 0.3 is 18.1 Å². The second-order valence-corrected chi connectivity index (χ2v) is 11.7. The van der Waals surface area contributed by atoms with Gasteiger partial charge in [0.1, 0.15) is 23.3 Å². The molecule has 1 heterocycles. The van der Waals surface area contributed by atoms with Crippen molar-refractivity contribution in [2.75, 3.05) is 19.6 Å². The van der Waals surface area contributed by atoms with E-state index in [0.717, 1.165) is 5.56 Å². The van der Waals surface area contributed by atoms with E-state index < -0.39 is 65.2 Å². The zero-order valence-electron chi connectivity index (χ0n) is 25.8. The van der Waals surface area contributed by atoms with Crippen molar-refractivity contribution in [2.24, 2.45) is 17.2 Å². The van der Waals surface area contributed by atoms with E-state index in [1.807, 2.05) is 30.3 Å². The Morgan fingerprint density at radius 3 is 1.91 bits per heavy atom. The number of hydrogen-bond donors (Lipinski definition) is 7. The van der Waals surface area contributed by atoms with Crippen LogP contribution in [-0.2, 0) is 30.4 Å². The maximum Gasteiger partial charge on any atom is 0.490 e. The molecule has 13 nitrogen and oxygen atoms in total. The molecule has 17 heteroatoms. The van der Waals surface area contributed by atoms with Crippen LogP contribution in [0.4, 0.5) is 17.6 Å². The second-order valence-electron chi connectivity index (χ2n) is 11.7. The molecule has 46 heavy (non-hydrogen) atoms. The Morgan fingerprint density at radius 1 is 0.935 bits per heavy atom. The fraction of sp³-hybridized carbons (Fsp3) is 0.621. The zero-order valence-corrected chi connectivity index (χ0v) is 25.8. The van der Waals surface area contributed by atoms with Gasteiger partial charge in [0.05, 0.1) is 6.04 Å². The van der Waals surface area contributed by atoms with Gasteiger partial charge in [0.15, 0.2) is 0 Å². The first-order valence-corrected chi connectivity index (χ1v) is 14.6. The Balaban J connectivity index is 0.00000135. The summed E-state index contributed by atoms with van der Waals surface area (Å²) >= 11 is 0. The van der Waals surface area contributed by atoms with Gasteiger partial charge in [0, 0.05) is 19.5 Å². The summed E-state index contributed by atoms with van der Waals surface area (Å²) in [7, 11) is 0. The van der Waals surface area contributed by atoms with Crippen LogP contribution in [0.3, 0.4) is 0 Å². The number of nitrogens with one attached hydrogen (secondary N) is 2. The van der Waals surface area contributed by atoms with E-state index in [1.54, 1.807) is 0 Å². The van der Waals surface area contributed by atoms with Gasteiger partial charge in [0.25, 0.3) is 0 Å². The highest BCUT2D eigenvalue weighted by atomic mass is 19.4. The summed E-state index contributed by atoms with van der Waals surface area (Å²) in [5.74, 6) is -5.59. The number of piperidine rings is 1. The van der Waals surface area contributed by atoms with Crippen molar-refractivity contribution in [1.82, 2.24) is 15.5 Å².